The first-order valence-electron chi connectivity index (χ1n) is 8.80. The van der Waals surface area contributed by atoms with Crippen LogP contribution in [-0.4, -0.2) is 20.7 Å². The normalized spacial score (nSPS) is 12.0. The molecule has 3 aromatic rings. The molecule has 1 amide bonds. The summed E-state index contributed by atoms with van der Waals surface area (Å²) in [5.74, 6) is -0.137. The standard InChI is InChI=1S/C21H24N4O/c1-5-17-13-19(25(4)24-17)21(26)23-20(16-8-10-22-11-9-16)18-12-14(2)6-7-15(18)3/h6-13,20H,5H2,1-4H3,(H,23,26). The molecule has 5 nitrogen and oxygen atoms in total. The molecule has 0 saturated carbocycles. The van der Waals surface area contributed by atoms with Gasteiger partial charge in [-0.25, -0.2) is 0 Å². The van der Waals surface area contributed by atoms with Gasteiger partial charge in [0, 0.05) is 19.4 Å². The van der Waals surface area contributed by atoms with Gasteiger partial charge in [0.1, 0.15) is 5.69 Å². The molecule has 5 heteroatoms. The summed E-state index contributed by atoms with van der Waals surface area (Å²) in [5.41, 5.74) is 5.85. The van der Waals surface area contributed by atoms with Crippen molar-refractivity contribution in [3.63, 3.8) is 0 Å². The lowest BCUT2D eigenvalue weighted by atomic mass is 9.94. The maximum atomic E-state index is 13.0. The third-order valence-corrected chi connectivity index (χ3v) is 4.59. The fraction of sp³-hybridized carbons (Fsp3) is 0.286. The second-order valence-corrected chi connectivity index (χ2v) is 6.55. The first kappa shape index (κ1) is 17.9. The molecule has 134 valence electrons. The first-order valence-corrected chi connectivity index (χ1v) is 8.80. The molecule has 0 bridgehead atoms. The van der Waals surface area contributed by atoms with Gasteiger partial charge in [0.15, 0.2) is 0 Å². The van der Waals surface area contributed by atoms with Crippen LogP contribution >= 0.6 is 0 Å². The molecule has 1 N–H and O–H groups in total. The number of carbonyl (C=O) groups is 1. The number of pyridine rings is 1. The van der Waals surface area contributed by atoms with Gasteiger partial charge < -0.3 is 5.32 Å². The number of amides is 1. The largest absolute Gasteiger partial charge is 0.340 e. The summed E-state index contributed by atoms with van der Waals surface area (Å²) in [6.07, 6.45) is 4.30. The second-order valence-electron chi connectivity index (χ2n) is 6.55. The molecule has 0 saturated heterocycles. The minimum atomic E-state index is -0.245. The summed E-state index contributed by atoms with van der Waals surface area (Å²) in [4.78, 5) is 17.1. The first-order chi connectivity index (χ1) is 12.5. The lowest BCUT2D eigenvalue weighted by Gasteiger charge is -2.22. The van der Waals surface area contributed by atoms with Gasteiger partial charge in [0.2, 0.25) is 0 Å². The zero-order chi connectivity index (χ0) is 18.7. The highest BCUT2D eigenvalue weighted by Crippen LogP contribution is 2.26. The number of nitrogens with one attached hydrogen (secondary N) is 1. The van der Waals surface area contributed by atoms with Crippen molar-refractivity contribution in [3.8, 4) is 0 Å². The summed E-state index contributed by atoms with van der Waals surface area (Å²) in [6, 6.07) is 11.8. The van der Waals surface area contributed by atoms with Gasteiger partial charge >= 0.3 is 0 Å². The van der Waals surface area contributed by atoms with Crippen LogP contribution < -0.4 is 5.32 Å². The SMILES string of the molecule is CCc1cc(C(=O)NC(c2ccncc2)c2cc(C)ccc2C)n(C)n1. The Balaban J connectivity index is 2.00. The number of aromatic nitrogens is 3. The fourth-order valence-corrected chi connectivity index (χ4v) is 3.08. The van der Waals surface area contributed by atoms with Crippen molar-refractivity contribution < 1.29 is 4.79 Å². The Morgan fingerprint density at radius 2 is 1.88 bits per heavy atom. The second kappa shape index (κ2) is 7.52. The van der Waals surface area contributed by atoms with E-state index in [0.29, 0.717) is 5.69 Å². The van der Waals surface area contributed by atoms with Gasteiger partial charge in [-0.3, -0.25) is 14.5 Å². The van der Waals surface area contributed by atoms with Gasteiger partial charge in [0.05, 0.1) is 11.7 Å². The van der Waals surface area contributed by atoms with Gasteiger partial charge in [0.25, 0.3) is 5.91 Å². The van der Waals surface area contributed by atoms with E-state index < -0.39 is 0 Å². The Morgan fingerprint density at radius 3 is 2.54 bits per heavy atom. The molecule has 0 aliphatic heterocycles. The molecule has 0 fully saturated rings. The Kier molecular flexibility index (Phi) is 5.16. The Hall–Kier alpha value is -2.95. The number of benzene rings is 1. The molecule has 3 rings (SSSR count). The molecule has 0 aliphatic carbocycles. The quantitative estimate of drug-likeness (QED) is 0.767. The summed E-state index contributed by atoms with van der Waals surface area (Å²) < 4.78 is 1.64. The van der Waals surface area contributed by atoms with E-state index in [4.69, 9.17) is 0 Å². The highest BCUT2D eigenvalue weighted by atomic mass is 16.2. The fourth-order valence-electron chi connectivity index (χ4n) is 3.08. The van der Waals surface area contributed by atoms with E-state index >= 15 is 0 Å². The summed E-state index contributed by atoms with van der Waals surface area (Å²) in [6.45, 7) is 6.15. The minimum Gasteiger partial charge on any atom is -0.340 e. The van der Waals surface area contributed by atoms with E-state index in [1.165, 1.54) is 0 Å². The number of hydrogen-bond donors (Lipinski definition) is 1. The van der Waals surface area contributed by atoms with Crippen molar-refractivity contribution in [2.45, 2.75) is 33.2 Å². The molecule has 2 aromatic heterocycles. The topological polar surface area (TPSA) is 59.8 Å². The molecule has 1 unspecified atom stereocenters. The highest BCUT2D eigenvalue weighted by Gasteiger charge is 2.21. The zero-order valence-electron chi connectivity index (χ0n) is 15.7. The average Bonchev–Trinajstić information content (AvgIpc) is 3.03. The predicted octanol–water partition coefficient (Wildman–Crippen LogP) is 3.51. The molecule has 26 heavy (non-hydrogen) atoms. The molecule has 1 atom stereocenters. The molecule has 0 radical (unpaired) electrons. The summed E-state index contributed by atoms with van der Waals surface area (Å²) >= 11 is 0. The third-order valence-electron chi connectivity index (χ3n) is 4.59. The lowest BCUT2D eigenvalue weighted by Crippen LogP contribution is -2.31. The van der Waals surface area contributed by atoms with E-state index in [-0.39, 0.29) is 11.9 Å². The molecular weight excluding hydrogens is 324 g/mol. The van der Waals surface area contributed by atoms with Crippen LogP contribution in [0.4, 0.5) is 0 Å². The van der Waals surface area contributed by atoms with Crippen molar-refractivity contribution in [2.75, 3.05) is 0 Å². The maximum Gasteiger partial charge on any atom is 0.270 e. The number of carbonyl (C=O) groups excluding carboxylic acids is 1. The number of hydrogen-bond acceptors (Lipinski definition) is 3. The number of rotatable bonds is 5. The van der Waals surface area contributed by atoms with E-state index in [9.17, 15) is 4.79 Å². The minimum absolute atomic E-state index is 0.137. The predicted molar refractivity (Wildman–Crippen MR) is 102 cm³/mol. The molecule has 1 aromatic carbocycles. The van der Waals surface area contributed by atoms with Crippen LogP contribution in [0.2, 0.25) is 0 Å². The van der Waals surface area contributed by atoms with Crippen LogP contribution in [0.1, 0.15) is 51.4 Å². The van der Waals surface area contributed by atoms with Crippen LogP contribution in [0.15, 0.2) is 48.8 Å². The van der Waals surface area contributed by atoms with Crippen molar-refractivity contribution >= 4 is 5.91 Å². The van der Waals surface area contributed by atoms with Crippen molar-refractivity contribution in [3.05, 3.63) is 82.4 Å². The maximum absolute atomic E-state index is 13.0. The Labute approximate surface area is 154 Å². The van der Waals surface area contributed by atoms with Crippen LogP contribution in [0.5, 0.6) is 0 Å². The van der Waals surface area contributed by atoms with Crippen LogP contribution in [0.3, 0.4) is 0 Å². The number of aryl methyl sites for hydroxylation is 4. The van der Waals surface area contributed by atoms with E-state index in [1.807, 2.05) is 25.1 Å². The van der Waals surface area contributed by atoms with Crippen molar-refractivity contribution in [1.82, 2.24) is 20.1 Å². The highest BCUT2D eigenvalue weighted by molar-refractivity contribution is 5.93. The Bertz CT molecular complexity index is 915. The average molecular weight is 348 g/mol. The molecule has 0 spiro atoms. The summed E-state index contributed by atoms with van der Waals surface area (Å²) in [5, 5.41) is 7.57. The van der Waals surface area contributed by atoms with Crippen LogP contribution in [0, 0.1) is 13.8 Å². The zero-order valence-corrected chi connectivity index (χ0v) is 15.7. The monoisotopic (exact) mass is 348 g/mol. The summed E-state index contributed by atoms with van der Waals surface area (Å²) in [7, 11) is 1.80. The molecular formula is C21H24N4O. The van der Waals surface area contributed by atoms with Crippen molar-refractivity contribution in [1.29, 1.82) is 0 Å². The van der Waals surface area contributed by atoms with E-state index in [2.05, 4.69) is 47.4 Å². The number of nitrogens with zero attached hydrogens (tertiary/aromatic N) is 3. The van der Waals surface area contributed by atoms with E-state index in [1.54, 1.807) is 24.1 Å². The third kappa shape index (κ3) is 3.67. The lowest BCUT2D eigenvalue weighted by molar-refractivity contribution is 0.0933. The van der Waals surface area contributed by atoms with Gasteiger partial charge in [-0.05, 0) is 55.2 Å². The van der Waals surface area contributed by atoms with Crippen LogP contribution in [-0.2, 0) is 13.5 Å². The Morgan fingerprint density at radius 1 is 1.15 bits per heavy atom. The van der Waals surface area contributed by atoms with Gasteiger partial charge in [-0.15, -0.1) is 0 Å². The van der Waals surface area contributed by atoms with Crippen molar-refractivity contribution in [2.24, 2.45) is 7.05 Å². The van der Waals surface area contributed by atoms with E-state index in [0.717, 1.165) is 34.4 Å². The smallest absolute Gasteiger partial charge is 0.270 e. The van der Waals surface area contributed by atoms with Gasteiger partial charge in [-0.1, -0.05) is 30.7 Å². The van der Waals surface area contributed by atoms with Crippen LogP contribution in [0.25, 0.3) is 0 Å². The molecule has 0 aliphatic rings. The molecule has 2 heterocycles. The van der Waals surface area contributed by atoms with Gasteiger partial charge in [-0.2, -0.15) is 5.10 Å².